The number of hydrogen-bond donors (Lipinski definition) is 0. The molecule has 1 aliphatic rings. The van der Waals surface area contributed by atoms with Crippen LogP contribution >= 0.6 is 0 Å². The Morgan fingerprint density at radius 2 is 1.91 bits per heavy atom. The van der Waals surface area contributed by atoms with Gasteiger partial charge in [-0.05, 0) is 38.0 Å². The molecule has 34 heavy (non-hydrogen) atoms. The first-order valence-corrected chi connectivity index (χ1v) is 11.9. The molecule has 8 heteroatoms. The third kappa shape index (κ3) is 4.46. The standard InChI is InChI=1S/C26H31N7O/c1-4-32-17-21(15-28-32)16-30-10-12-31(13-11-30)24(34)18-33-26-25(20(3)29-33)23(8-9-27-26)22-7-5-6-19(2)14-22/h5-9,14-15,17H,4,10-13,16,18H2,1-3H3. The topological polar surface area (TPSA) is 72.1 Å². The highest BCUT2D eigenvalue weighted by Crippen LogP contribution is 2.30. The summed E-state index contributed by atoms with van der Waals surface area (Å²) < 4.78 is 3.71. The number of aryl methyl sites for hydroxylation is 3. The zero-order valence-corrected chi connectivity index (χ0v) is 20.1. The molecule has 1 aromatic carbocycles. The van der Waals surface area contributed by atoms with Gasteiger partial charge in [-0.25, -0.2) is 9.67 Å². The number of carbonyl (C=O) groups excluding carboxylic acids is 1. The van der Waals surface area contributed by atoms with Crippen molar-refractivity contribution in [2.75, 3.05) is 26.2 Å². The number of fused-ring (bicyclic) bond motifs is 1. The first-order valence-electron chi connectivity index (χ1n) is 11.9. The predicted octanol–water partition coefficient (Wildman–Crippen LogP) is 3.28. The van der Waals surface area contributed by atoms with E-state index in [2.05, 4.69) is 59.3 Å². The van der Waals surface area contributed by atoms with Crippen molar-refractivity contribution in [1.29, 1.82) is 0 Å². The first-order chi connectivity index (χ1) is 16.5. The Kier molecular flexibility index (Phi) is 6.15. The molecule has 3 aromatic heterocycles. The van der Waals surface area contributed by atoms with Crippen molar-refractivity contribution in [2.24, 2.45) is 0 Å². The lowest BCUT2D eigenvalue weighted by atomic mass is 10.0. The van der Waals surface area contributed by atoms with Crippen molar-refractivity contribution in [3.8, 4) is 11.1 Å². The maximum Gasteiger partial charge on any atom is 0.244 e. The minimum Gasteiger partial charge on any atom is -0.339 e. The van der Waals surface area contributed by atoms with E-state index >= 15 is 0 Å². The number of carbonyl (C=O) groups is 1. The van der Waals surface area contributed by atoms with Crippen molar-refractivity contribution in [3.05, 3.63) is 65.7 Å². The second-order valence-corrected chi connectivity index (χ2v) is 9.03. The van der Waals surface area contributed by atoms with Crippen LogP contribution in [0.15, 0.2) is 48.9 Å². The van der Waals surface area contributed by atoms with E-state index in [1.54, 1.807) is 4.68 Å². The van der Waals surface area contributed by atoms with Crippen LogP contribution < -0.4 is 0 Å². The number of amides is 1. The largest absolute Gasteiger partial charge is 0.339 e. The minimum absolute atomic E-state index is 0.0885. The number of hydrogen-bond acceptors (Lipinski definition) is 5. The van der Waals surface area contributed by atoms with E-state index < -0.39 is 0 Å². The molecule has 0 unspecified atom stereocenters. The van der Waals surface area contributed by atoms with Crippen molar-refractivity contribution < 1.29 is 4.79 Å². The highest BCUT2D eigenvalue weighted by atomic mass is 16.2. The second kappa shape index (κ2) is 9.38. The van der Waals surface area contributed by atoms with Crippen LogP contribution in [0.1, 0.15) is 23.7 Å². The maximum atomic E-state index is 13.1. The Morgan fingerprint density at radius 1 is 1.09 bits per heavy atom. The van der Waals surface area contributed by atoms with E-state index in [0.717, 1.165) is 67.1 Å². The van der Waals surface area contributed by atoms with E-state index in [-0.39, 0.29) is 12.5 Å². The van der Waals surface area contributed by atoms with Crippen molar-refractivity contribution in [1.82, 2.24) is 34.3 Å². The summed E-state index contributed by atoms with van der Waals surface area (Å²) in [6.45, 7) is 11.3. The third-order valence-corrected chi connectivity index (χ3v) is 6.56. The van der Waals surface area contributed by atoms with Crippen LogP contribution in [0, 0.1) is 13.8 Å². The Labute approximate surface area is 199 Å². The van der Waals surface area contributed by atoms with Crippen molar-refractivity contribution in [3.63, 3.8) is 0 Å². The number of pyridine rings is 1. The molecule has 0 saturated carbocycles. The normalized spacial score (nSPS) is 14.7. The van der Waals surface area contributed by atoms with E-state index in [4.69, 9.17) is 5.10 Å². The molecule has 0 atom stereocenters. The summed E-state index contributed by atoms with van der Waals surface area (Å²) in [6.07, 6.45) is 5.84. The molecule has 8 nitrogen and oxygen atoms in total. The van der Waals surface area contributed by atoms with Crippen molar-refractivity contribution in [2.45, 2.75) is 40.4 Å². The fraction of sp³-hybridized carbons (Fsp3) is 0.385. The third-order valence-electron chi connectivity index (χ3n) is 6.56. The van der Waals surface area contributed by atoms with Gasteiger partial charge in [0, 0.05) is 62.6 Å². The summed E-state index contributed by atoms with van der Waals surface area (Å²) in [5.41, 5.74) is 6.32. The van der Waals surface area contributed by atoms with Gasteiger partial charge in [0.1, 0.15) is 6.54 Å². The molecular weight excluding hydrogens is 426 g/mol. The molecule has 0 N–H and O–H groups in total. The van der Waals surface area contributed by atoms with Gasteiger partial charge in [0.05, 0.1) is 11.9 Å². The quantitative estimate of drug-likeness (QED) is 0.444. The van der Waals surface area contributed by atoms with Gasteiger partial charge >= 0.3 is 0 Å². The lowest BCUT2D eigenvalue weighted by Gasteiger charge is -2.34. The molecule has 1 amide bonds. The molecule has 0 spiro atoms. The summed E-state index contributed by atoms with van der Waals surface area (Å²) in [5.74, 6) is 0.0885. The lowest BCUT2D eigenvalue weighted by molar-refractivity contribution is -0.133. The molecule has 0 radical (unpaired) electrons. The second-order valence-electron chi connectivity index (χ2n) is 9.03. The highest BCUT2D eigenvalue weighted by Gasteiger charge is 2.23. The summed E-state index contributed by atoms with van der Waals surface area (Å²) in [7, 11) is 0. The first kappa shape index (κ1) is 22.3. The Hall–Kier alpha value is -3.52. The van der Waals surface area contributed by atoms with E-state index in [1.165, 1.54) is 11.1 Å². The fourth-order valence-electron chi connectivity index (χ4n) is 4.75. The Bertz CT molecular complexity index is 1310. The Balaban J connectivity index is 1.27. The molecule has 1 aliphatic heterocycles. The van der Waals surface area contributed by atoms with Gasteiger partial charge in [-0.1, -0.05) is 29.8 Å². The van der Waals surface area contributed by atoms with Crippen LogP contribution in [0.25, 0.3) is 22.2 Å². The van der Waals surface area contributed by atoms with Gasteiger partial charge < -0.3 is 4.90 Å². The number of benzene rings is 1. The maximum absolute atomic E-state index is 13.1. The van der Waals surface area contributed by atoms with Crippen molar-refractivity contribution >= 4 is 16.9 Å². The number of aromatic nitrogens is 5. The lowest BCUT2D eigenvalue weighted by Crippen LogP contribution is -2.49. The van der Waals surface area contributed by atoms with Gasteiger partial charge in [0.15, 0.2) is 5.65 Å². The van der Waals surface area contributed by atoms with Crippen LogP contribution in [0.2, 0.25) is 0 Å². The van der Waals surface area contributed by atoms with Gasteiger partial charge in [-0.15, -0.1) is 0 Å². The molecule has 4 aromatic rings. The molecule has 1 saturated heterocycles. The summed E-state index contributed by atoms with van der Waals surface area (Å²) in [5, 5.41) is 10.1. The van der Waals surface area contributed by atoms with Crippen LogP contribution in [-0.4, -0.2) is 66.4 Å². The van der Waals surface area contributed by atoms with Gasteiger partial charge in [-0.3, -0.25) is 14.4 Å². The molecule has 0 bridgehead atoms. The van der Waals surface area contributed by atoms with Gasteiger partial charge in [-0.2, -0.15) is 10.2 Å². The zero-order valence-electron chi connectivity index (χ0n) is 20.1. The average Bonchev–Trinajstić information content (AvgIpc) is 3.43. The summed E-state index contributed by atoms with van der Waals surface area (Å²) >= 11 is 0. The van der Waals surface area contributed by atoms with Crippen LogP contribution in [0.4, 0.5) is 0 Å². The highest BCUT2D eigenvalue weighted by molar-refractivity contribution is 5.95. The number of rotatable bonds is 6. The summed E-state index contributed by atoms with van der Waals surface area (Å²) in [4.78, 5) is 22.0. The van der Waals surface area contributed by atoms with Crippen LogP contribution in [-0.2, 0) is 24.4 Å². The van der Waals surface area contributed by atoms with E-state index in [9.17, 15) is 4.79 Å². The predicted molar refractivity (Wildman–Crippen MR) is 132 cm³/mol. The van der Waals surface area contributed by atoms with Gasteiger partial charge in [0.25, 0.3) is 0 Å². The Morgan fingerprint density at radius 3 is 2.65 bits per heavy atom. The number of nitrogens with zero attached hydrogens (tertiary/aromatic N) is 7. The molecule has 5 rings (SSSR count). The molecule has 0 aliphatic carbocycles. The molecule has 4 heterocycles. The average molecular weight is 458 g/mol. The number of piperazine rings is 1. The van der Waals surface area contributed by atoms with E-state index in [1.807, 2.05) is 35.0 Å². The molecule has 1 fully saturated rings. The van der Waals surface area contributed by atoms with Crippen LogP contribution in [0.3, 0.4) is 0 Å². The zero-order chi connectivity index (χ0) is 23.7. The van der Waals surface area contributed by atoms with Gasteiger partial charge in [0.2, 0.25) is 5.91 Å². The molecular formula is C26H31N7O. The smallest absolute Gasteiger partial charge is 0.244 e. The SMILES string of the molecule is CCn1cc(CN2CCN(C(=O)Cn3nc(C)c4c(-c5cccc(C)c5)ccnc43)CC2)cn1. The molecule has 176 valence electrons. The summed E-state index contributed by atoms with van der Waals surface area (Å²) in [6, 6.07) is 10.5. The van der Waals surface area contributed by atoms with Crippen LogP contribution in [0.5, 0.6) is 0 Å². The fourth-order valence-corrected chi connectivity index (χ4v) is 4.75. The van der Waals surface area contributed by atoms with E-state index in [0.29, 0.717) is 0 Å². The minimum atomic E-state index is 0.0885. The monoisotopic (exact) mass is 457 g/mol.